The van der Waals surface area contributed by atoms with Crippen molar-refractivity contribution in [2.75, 3.05) is 0 Å². The molecule has 0 amide bonds. The quantitative estimate of drug-likeness (QED) is 0.185. The maximum absolute atomic E-state index is 5.08. The second-order valence-electron chi connectivity index (χ2n) is 12.3. The SMILES string of the molecule is c1ccc(-c2nc(-c3ccccc3)nc(-c3cccnc3-n3c4ccccc4c4ccc(-c5cccc6c5sc5ccccc56)cc43)n2)cc1. The summed E-state index contributed by atoms with van der Waals surface area (Å²) in [5, 5.41) is 4.91. The number of benzene rings is 6. The fraction of sp³-hybridized carbons (Fsp3) is 0. The Balaban J connectivity index is 1.22. The highest BCUT2D eigenvalue weighted by Gasteiger charge is 2.21. The van der Waals surface area contributed by atoms with E-state index in [1.807, 2.05) is 84.3 Å². The van der Waals surface area contributed by atoms with Gasteiger partial charge in [0.25, 0.3) is 0 Å². The van der Waals surface area contributed by atoms with Crippen molar-refractivity contribution in [3.63, 3.8) is 0 Å². The van der Waals surface area contributed by atoms with Crippen LogP contribution in [0.15, 0.2) is 164 Å². The number of hydrogen-bond acceptors (Lipinski definition) is 5. The van der Waals surface area contributed by atoms with Gasteiger partial charge in [0, 0.05) is 48.3 Å². The van der Waals surface area contributed by atoms with Crippen LogP contribution >= 0.6 is 11.3 Å². The number of hydrogen-bond donors (Lipinski definition) is 0. The Kier molecular flexibility index (Phi) is 6.60. The molecule has 0 fully saturated rings. The van der Waals surface area contributed by atoms with Gasteiger partial charge in [-0.1, -0.05) is 127 Å². The molecule has 0 radical (unpaired) electrons. The van der Waals surface area contributed by atoms with E-state index in [1.165, 1.54) is 25.7 Å². The maximum Gasteiger partial charge on any atom is 0.167 e. The van der Waals surface area contributed by atoms with Gasteiger partial charge in [-0.25, -0.2) is 19.9 Å². The smallest absolute Gasteiger partial charge is 0.167 e. The Bertz CT molecular complexity index is 2820. The predicted octanol–water partition coefficient (Wildman–Crippen LogP) is 11.4. The summed E-state index contributed by atoms with van der Waals surface area (Å²) in [4.78, 5) is 20.1. The van der Waals surface area contributed by atoms with Crippen LogP contribution in [0.3, 0.4) is 0 Å². The molecule has 50 heavy (non-hydrogen) atoms. The zero-order chi connectivity index (χ0) is 33.0. The lowest BCUT2D eigenvalue weighted by atomic mass is 10.0. The van der Waals surface area contributed by atoms with E-state index in [2.05, 4.69) is 95.6 Å². The molecule has 0 aliphatic rings. The van der Waals surface area contributed by atoms with Gasteiger partial charge in [0.2, 0.25) is 0 Å². The van der Waals surface area contributed by atoms with Crippen LogP contribution in [-0.2, 0) is 0 Å². The van der Waals surface area contributed by atoms with Crippen LogP contribution in [0.5, 0.6) is 0 Å². The molecular weight excluding hydrogens is 631 g/mol. The molecule has 0 atom stereocenters. The number of para-hydroxylation sites is 1. The normalized spacial score (nSPS) is 11.6. The van der Waals surface area contributed by atoms with Gasteiger partial charge in [0.05, 0.1) is 16.6 Å². The molecule has 0 spiro atoms. The highest BCUT2D eigenvalue weighted by Crippen LogP contribution is 2.42. The number of fused-ring (bicyclic) bond motifs is 6. The highest BCUT2D eigenvalue weighted by molar-refractivity contribution is 7.26. The van der Waals surface area contributed by atoms with E-state index in [4.69, 9.17) is 19.9 Å². The van der Waals surface area contributed by atoms with Gasteiger partial charge in [-0.05, 0) is 41.5 Å². The van der Waals surface area contributed by atoms with Crippen LogP contribution in [0, 0.1) is 0 Å². The Hall–Kier alpha value is -6.50. The molecule has 4 aromatic heterocycles. The van der Waals surface area contributed by atoms with Gasteiger partial charge in [-0.3, -0.25) is 4.57 Å². The van der Waals surface area contributed by atoms with Crippen LogP contribution < -0.4 is 0 Å². The first-order valence-electron chi connectivity index (χ1n) is 16.6. The number of rotatable bonds is 5. The first-order chi connectivity index (χ1) is 24.8. The Morgan fingerprint density at radius 2 is 1.04 bits per heavy atom. The second kappa shape index (κ2) is 11.6. The summed E-state index contributed by atoms with van der Waals surface area (Å²) in [6, 6.07) is 54.8. The zero-order valence-electron chi connectivity index (χ0n) is 26.7. The fourth-order valence-corrected chi connectivity index (χ4v) is 8.26. The number of nitrogens with zero attached hydrogens (tertiary/aromatic N) is 5. The minimum atomic E-state index is 0.568. The van der Waals surface area contributed by atoms with Crippen LogP contribution in [0.2, 0.25) is 0 Å². The molecule has 0 aliphatic heterocycles. The van der Waals surface area contributed by atoms with Crippen LogP contribution in [-0.4, -0.2) is 24.5 Å². The summed E-state index contributed by atoms with van der Waals surface area (Å²) in [5.41, 5.74) is 7.20. The minimum absolute atomic E-state index is 0.568. The third-order valence-corrected chi connectivity index (χ3v) is 10.5. The van der Waals surface area contributed by atoms with E-state index < -0.39 is 0 Å². The molecule has 4 heterocycles. The third-order valence-electron chi connectivity index (χ3n) is 9.33. The molecule has 0 N–H and O–H groups in total. The van der Waals surface area contributed by atoms with Crippen molar-refractivity contribution in [3.8, 4) is 51.1 Å². The van der Waals surface area contributed by atoms with E-state index in [0.29, 0.717) is 17.5 Å². The number of pyridine rings is 1. The monoisotopic (exact) mass is 657 g/mol. The molecule has 10 aromatic rings. The zero-order valence-corrected chi connectivity index (χ0v) is 27.5. The lowest BCUT2D eigenvalue weighted by molar-refractivity contribution is 1.04. The van der Waals surface area contributed by atoms with Crippen LogP contribution in [0.4, 0.5) is 0 Å². The largest absolute Gasteiger partial charge is 0.293 e. The van der Waals surface area contributed by atoms with Crippen molar-refractivity contribution >= 4 is 53.3 Å². The van der Waals surface area contributed by atoms with Crippen molar-refractivity contribution in [1.29, 1.82) is 0 Å². The van der Waals surface area contributed by atoms with Gasteiger partial charge >= 0.3 is 0 Å². The molecule has 10 rings (SSSR count). The molecule has 0 unspecified atom stereocenters. The van der Waals surface area contributed by atoms with Gasteiger partial charge in [0.1, 0.15) is 5.82 Å². The lowest BCUT2D eigenvalue weighted by Gasteiger charge is -2.14. The Morgan fingerprint density at radius 1 is 0.420 bits per heavy atom. The standard InChI is InChI=1S/C44H27N5S/c1-3-13-28(14-4-1)41-46-42(29-15-5-2-6-16-29)48-43(47-41)36-21-12-26-45-44(36)49-37-22-9-7-17-32(37)33-25-24-30(27-38(33)49)31-19-11-20-35-34-18-8-10-23-39(34)50-40(31)35/h1-27H. The summed E-state index contributed by atoms with van der Waals surface area (Å²) in [7, 11) is 0. The second-order valence-corrected chi connectivity index (χ2v) is 13.3. The van der Waals surface area contributed by atoms with Crippen molar-refractivity contribution in [2.24, 2.45) is 0 Å². The van der Waals surface area contributed by atoms with Gasteiger partial charge in [-0.2, -0.15) is 0 Å². The van der Waals surface area contributed by atoms with E-state index >= 15 is 0 Å². The van der Waals surface area contributed by atoms with E-state index in [-0.39, 0.29) is 0 Å². The molecule has 5 nitrogen and oxygen atoms in total. The topological polar surface area (TPSA) is 56.5 Å². The van der Waals surface area contributed by atoms with Crippen molar-refractivity contribution < 1.29 is 0 Å². The lowest BCUT2D eigenvalue weighted by Crippen LogP contribution is -2.05. The molecule has 6 heteroatoms. The fourth-order valence-electron chi connectivity index (χ4n) is 7.02. The minimum Gasteiger partial charge on any atom is -0.293 e. The first-order valence-corrected chi connectivity index (χ1v) is 17.4. The average molecular weight is 658 g/mol. The summed E-state index contributed by atoms with van der Waals surface area (Å²) < 4.78 is 4.86. The average Bonchev–Trinajstić information content (AvgIpc) is 3.74. The third kappa shape index (κ3) is 4.61. The Labute approximate surface area is 291 Å². The van der Waals surface area contributed by atoms with Crippen LogP contribution in [0.1, 0.15) is 0 Å². The van der Waals surface area contributed by atoms with E-state index in [9.17, 15) is 0 Å². The van der Waals surface area contributed by atoms with Crippen molar-refractivity contribution in [2.45, 2.75) is 0 Å². The van der Waals surface area contributed by atoms with Crippen molar-refractivity contribution in [3.05, 3.63) is 164 Å². The molecule has 6 aromatic carbocycles. The highest BCUT2D eigenvalue weighted by atomic mass is 32.1. The van der Waals surface area contributed by atoms with Gasteiger partial charge < -0.3 is 0 Å². The molecule has 0 aliphatic carbocycles. The van der Waals surface area contributed by atoms with Crippen molar-refractivity contribution in [1.82, 2.24) is 24.5 Å². The van der Waals surface area contributed by atoms with Crippen LogP contribution in [0.25, 0.3) is 93.1 Å². The molecule has 0 saturated heterocycles. The summed E-state index contributed by atoms with van der Waals surface area (Å²) in [6.07, 6.45) is 1.85. The predicted molar refractivity (Wildman–Crippen MR) is 207 cm³/mol. The maximum atomic E-state index is 5.08. The number of aromatic nitrogens is 5. The van der Waals surface area contributed by atoms with Gasteiger partial charge in [-0.15, -0.1) is 11.3 Å². The summed E-state index contributed by atoms with van der Waals surface area (Å²) in [5.74, 6) is 2.56. The van der Waals surface area contributed by atoms with E-state index in [1.54, 1.807) is 0 Å². The molecule has 0 saturated carbocycles. The summed E-state index contributed by atoms with van der Waals surface area (Å²) >= 11 is 1.85. The van der Waals surface area contributed by atoms with Gasteiger partial charge in [0.15, 0.2) is 17.5 Å². The number of thiophene rings is 1. The molecular formula is C44H27N5S. The summed E-state index contributed by atoms with van der Waals surface area (Å²) in [6.45, 7) is 0. The Morgan fingerprint density at radius 3 is 1.82 bits per heavy atom. The first kappa shape index (κ1) is 28.5. The molecule has 234 valence electrons. The molecule has 0 bridgehead atoms. The van der Waals surface area contributed by atoms with E-state index in [0.717, 1.165) is 49.9 Å².